The quantitative estimate of drug-likeness (QED) is 0.795. The van der Waals surface area contributed by atoms with Gasteiger partial charge in [0.15, 0.2) is 0 Å². The van der Waals surface area contributed by atoms with Gasteiger partial charge in [-0.3, -0.25) is 4.90 Å². The van der Waals surface area contributed by atoms with Crippen molar-refractivity contribution < 1.29 is 0 Å². The van der Waals surface area contributed by atoms with Crippen molar-refractivity contribution in [1.82, 2.24) is 4.90 Å². The number of hydrogen-bond acceptors (Lipinski definition) is 2. The van der Waals surface area contributed by atoms with Gasteiger partial charge in [0.05, 0.1) is 0 Å². The second-order valence-electron chi connectivity index (χ2n) is 5.59. The third-order valence-electron chi connectivity index (χ3n) is 3.85. The minimum atomic E-state index is 0.185. The molecule has 2 rings (SSSR count). The smallest absolute Gasteiger partial charge is 0.0353 e. The fourth-order valence-corrected chi connectivity index (χ4v) is 2.95. The average Bonchev–Trinajstić information content (AvgIpc) is 2.40. The predicted octanol–water partition coefficient (Wildman–Crippen LogP) is 3.92. The van der Waals surface area contributed by atoms with Crippen molar-refractivity contribution in [3.63, 3.8) is 0 Å². The molecule has 0 radical (unpaired) electrons. The van der Waals surface area contributed by atoms with E-state index in [1.165, 1.54) is 31.4 Å². The number of nitrogens with zero attached hydrogens (tertiary/aromatic N) is 1. The molecule has 1 aromatic rings. The summed E-state index contributed by atoms with van der Waals surface area (Å²) in [5.41, 5.74) is 1.64. The number of benzene rings is 1. The Morgan fingerprint density at radius 2 is 1.94 bits per heavy atom. The molecule has 1 aliphatic heterocycles. The van der Waals surface area contributed by atoms with Crippen LogP contribution < -0.4 is 0 Å². The largest absolute Gasteiger partial charge is 0.290 e. The van der Waals surface area contributed by atoms with Crippen LogP contribution in [0.4, 0.5) is 0 Å². The monoisotopic (exact) mass is 249 g/mol. The van der Waals surface area contributed by atoms with Gasteiger partial charge in [0.2, 0.25) is 0 Å². The highest BCUT2D eigenvalue weighted by Crippen LogP contribution is 2.36. The third kappa shape index (κ3) is 2.86. The Kier molecular flexibility index (Phi) is 4.16. The van der Waals surface area contributed by atoms with Crippen LogP contribution in [0.25, 0.3) is 0 Å². The Labute approximate surface area is 111 Å². The van der Waals surface area contributed by atoms with Crippen molar-refractivity contribution in [3.05, 3.63) is 35.9 Å². The van der Waals surface area contributed by atoms with Crippen molar-refractivity contribution in [2.45, 2.75) is 44.7 Å². The van der Waals surface area contributed by atoms with Gasteiger partial charge in [0.25, 0.3) is 0 Å². The number of likely N-dealkylation sites (tertiary alicyclic amines) is 1. The van der Waals surface area contributed by atoms with E-state index >= 15 is 0 Å². The first kappa shape index (κ1) is 13.0. The fraction of sp³-hybridized carbons (Fsp3) is 0.600. The molecular weight excluding hydrogens is 226 g/mol. The molecule has 94 valence electrons. The molecule has 0 amide bonds. The number of piperidine rings is 1. The summed E-state index contributed by atoms with van der Waals surface area (Å²) in [6.45, 7) is 5.82. The highest BCUT2D eigenvalue weighted by molar-refractivity contribution is 7.80. The van der Waals surface area contributed by atoms with E-state index < -0.39 is 0 Å². The zero-order valence-electron chi connectivity index (χ0n) is 10.9. The molecule has 1 heterocycles. The van der Waals surface area contributed by atoms with Crippen molar-refractivity contribution in [3.8, 4) is 0 Å². The molecule has 1 aliphatic rings. The molecule has 1 nitrogen and oxygen atoms in total. The van der Waals surface area contributed by atoms with E-state index in [1.807, 2.05) is 0 Å². The Bertz CT molecular complexity index is 347. The van der Waals surface area contributed by atoms with E-state index in [0.29, 0.717) is 6.04 Å². The first-order valence-corrected chi connectivity index (χ1v) is 7.21. The summed E-state index contributed by atoms with van der Waals surface area (Å²) in [6.07, 6.45) is 3.94. The third-order valence-corrected chi connectivity index (χ3v) is 4.63. The standard InChI is InChI=1S/C15H23NS/c1-15(2,12-17)16-11-7-6-10-14(16)13-8-4-3-5-9-13/h3-5,8-9,14,17H,6-7,10-12H2,1-2H3. The summed E-state index contributed by atoms with van der Waals surface area (Å²) in [4.78, 5) is 2.64. The summed E-state index contributed by atoms with van der Waals surface area (Å²) in [5.74, 6) is 0.913. The van der Waals surface area contributed by atoms with Crippen molar-refractivity contribution >= 4 is 12.6 Å². The van der Waals surface area contributed by atoms with Crippen LogP contribution in [0, 0.1) is 0 Å². The van der Waals surface area contributed by atoms with Crippen molar-refractivity contribution in [1.29, 1.82) is 0 Å². The van der Waals surface area contributed by atoms with Crippen molar-refractivity contribution in [2.75, 3.05) is 12.3 Å². The van der Waals surface area contributed by atoms with Gasteiger partial charge in [0.1, 0.15) is 0 Å². The van der Waals surface area contributed by atoms with Gasteiger partial charge in [-0.15, -0.1) is 0 Å². The molecule has 0 N–H and O–H groups in total. The van der Waals surface area contributed by atoms with Gasteiger partial charge in [-0.2, -0.15) is 12.6 Å². The molecule has 17 heavy (non-hydrogen) atoms. The molecule has 2 heteroatoms. The van der Waals surface area contributed by atoms with Crippen molar-refractivity contribution in [2.24, 2.45) is 0 Å². The van der Waals surface area contributed by atoms with E-state index in [-0.39, 0.29) is 5.54 Å². The molecular formula is C15H23NS. The summed E-state index contributed by atoms with van der Waals surface area (Å²) < 4.78 is 0. The van der Waals surface area contributed by atoms with Crippen LogP contribution in [0.3, 0.4) is 0 Å². The highest BCUT2D eigenvalue weighted by Gasteiger charge is 2.33. The van der Waals surface area contributed by atoms with Crippen LogP contribution in [-0.4, -0.2) is 22.7 Å². The Morgan fingerprint density at radius 1 is 1.24 bits per heavy atom. The lowest BCUT2D eigenvalue weighted by molar-refractivity contribution is 0.0541. The number of rotatable bonds is 3. The second kappa shape index (κ2) is 5.45. The summed E-state index contributed by atoms with van der Waals surface area (Å²) in [6, 6.07) is 11.5. The number of hydrogen-bond donors (Lipinski definition) is 1. The summed E-state index contributed by atoms with van der Waals surface area (Å²) >= 11 is 4.52. The van der Waals surface area contributed by atoms with E-state index in [9.17, 15) is 0 Å². The maximum absolute atomic E-state index is 4.52. The van der Waals surface area contributed by atoms with Gasteiger partial charge in [-0.05, 0) is 38.8 Å². The maximum atomic E-state index is 4.52. The molecule has 1 aromatic carbocycles. The topological polar surface area (TPSA) is 3.24 Å². The van der Waals surface area contributed by atoms with Crippen LogP contribution in [0.1, 0.15) is 44.7 Å². The summed E-state index contributed by atoms with van der Waals surface area (Å²) in [5, 5.41) is 0. The summed E-state index contributed by atoms with van der Waals surface area (Å²) in [7, 11) is 0. The molecule has 1 saturated heterocycles. The zero-order chi connectivity index (χ0) is 12.3. The Morgan fingerprint density at radius 3 is 2.59 bits per heavy atom. The van der Waals surface area contributed by atoms with Crippen LogP contribution in [-0.2, 0) is 0 Å². The first-order valence-electron chi connectivity index (χ1n) is 6.58. The normalized spacial score (nSPS) is 22.6. The van der Waals surface area contributed by atoms with E-state index in [4.69, 9.17) is 0 Å². The number of thiol groups is 1. The first-order chi connectivity index (χ1) is 8.15. The zero-order valence-corrected chi connectivity index (χ0v) is 11.8. The maximum Gasteiger partial charge on any atom is 0.0353 e. The van der Waals surface area contributed by atoms with Crippen LogP contribution >= 0.6 is 12.6 Å². The highest BCUT2D eigenvalue weighted by atomic mass is 32.1. The van der Waals surface area contributed by atoms with Crippen LogP contribution in [0.2, 0.25) is 0 Å². The lowest BCUT2D eigenvalue weighted by Gasteiger charge is -2.46. The molecule has 0 spiro atoms. The van der Waals surface area contributed by atoms with E-state index in [1.54, 1.807) is 0 Å². The van der Waals surface area contributed by atoms with E-state index in [0.717, 1.165) is 5.75 Å². The molecule has 0 saturated carbocycles. The lowest BCUT2D eigenvalue weighted by atomic mass is 9.90. The SMILES string of the molecule is CC(C)(CS)N1CCCCC1c1ccccc1. The minimum Gasteiger partial charge on any atom is -0.290 e. The Hall–Kier alpha value is -0.470. The molecule has 0 bridgehead atoms. The van der Waals surface area contributed by atoms with Gasteiger partial charge < -0.3 is 0 Å². The molecule has 0 aromatic heterocycles. The molecule has 0 aliphatic carbocycles. The second-order valence-corrected chi connectivity index (χ2v) is 5.90. The molecule has 1 unspecified atom stereocenters. The lowest BCUT2D eigenvalue weighted by Crippen LogP contribution is -2.49. The Balaban J connectivity index is 2.24. The average molecular weight is 249 g/mol. The van der Waals surface area contributed by atoms with Crippen LogP contribution in [0.5, 0.6) is 0 Å². The van der Waals surface area contributed by atoms with Gasteiger partial charge in [-0.25, -0.2) is 0 Å². The van der Waals surface area contributed by atoms with Gasteiger partial charge >= 0.3 is 0 Å². The van der Waals surface area contributed by atoms with Gasteiger partial charge in [0, 0.05) is 17.3 Å². The van der Waals surface area contributed by atoms with E-state index in [2.05, 4.69) is 61.7 Å². The molecule has 1 fully saturated rings. The fourth-order valence-electron chi connectivity index (χ4n) is 2.77. The predicted molar refractivity (Wildman–Crippen MR) is 77.7 cm³/mol. The van der Waals surface area contributed by atoms with Gasteiger partial charge in [-0.1, -0.05) is 36.8 Å². The minimum absolute atomic E-state index is 0.185. The van der Waals surface area contributed by atoms with Crippen LogP contribution in [0.15, 0.2) is 30.3 Å². The molecule has 1 atom stereocenters.